The predicted molar refractivity (Wildman–Crippen MR) is 261 cm³/mol. The van der Waals surface area contributed by atoms with Crippen molar-refractivity contribution in [2.75, 3.05) is 0 Å². The first-order valence-corrected chi connectivity index (χ1v) is 22.2. The molecule has 7 heteroatoms. The molecule has 3 aliphatic rings. The Bertz CT molecular complexity index is 3610. The van der Waals surface area contributed by atoms with Gasteiger partial charge in [0.25, 0.3) is 0 Å². The highest BCUT2D eigenvalue weighted by Crippen LogP contribution is 2.56. The highest BCUT2D eigenvalue weighted by Gasteiger charge is 2.41. The zero-order valence-corrected chi connectivity index (χ0v) is 35.5. The van der Waals surface area contributed by atoms with Gasteiger partial charge in [-0.3, -0.25) is 4.98 Å². The van der Waals surface area contributed by atoms with Gasteiger partial charge in [-0.05, 0) is 63.2 Å². The Morgan fingerprint density at radius 2 is 0.652 bits per heavy atom. The minimum atomic E-state index is 0.0133. The molecule has 7 nitrogen and oxygen atoms in total. The van der Waals surface area contributed by atoms with Gasteiger partial charge < -0.3 is 0 Å². The van der Waals surface area contributed by atoms with Gasteiger partial charge in [0.15, 0.2) is 34.9 Å². The number of fused-ring (bicyclic) bond motifs is 1. The standard InChI is InChI=1S/C59H37N7/c1-4-16-36(17-5-1)54-61-55(37-18-6-2-7-19-37)63-57(62-54)40-28-30-46-49(33-40)52-44-24-12-13-25-45(44)53(46)50-34-41(29-31-47(50)52)58-64-56(38-20-8-3-9-21-38)65-59(66-58)48-26-14-11-23-43(48)42-32-39-22-10-15-27-51(39)60-35-42/h1-35,52-53H. The second kappa shape index (κ2) is 15.5. The van der Waals surface area contributed by atoms with Crippen molar-refractivity contribution in [3.63, 3.8) is 0 Å². The van der Waals surface area contributed by atoms with E-state index < -0.39 is 0 Å². The van der Waals surface area contributed by atoms with Crippen LogP contribution in [0.1, 0.15) is 45.2 Å². The zero-order valence-electron chi connectivity index (χ0n) is 35.5. The first kappa shape index (κ1) is 37.7. The van der Waals surface area contributed by atoms with Gasteiger partial charge in [0, 0.05) is 62.4 Å². The summed E-state index contributed by atoms with van der Waals surface area (Å²) in [6, 6.07) is 71.6. The number of hydrogen-bond acceptors (Lipinski definition) is 7. The number of aromatic nitrogens is 7. The number of pyridine rings is 1. The number of rotatable bonds is 7. The van der Waals surface area contributed by atoms with Gasteiger partial charge in [-0.2, -0.15) is 0 Å². The molecule has 0 amide bonds. The number of nitrogens with zero attached hydrogens (tertiary/aromatic N) is 7. The molecular weight excluding hydrogens is 807 g/mol. The molecule has 3 heterocycles. The van der Waals surface area contributed by atoms with E-state index in [1.165, 1.54) is 33.4 Å². The molecule has 66 heavy (non-hydrogen) atoms. The molecule has 8 aromatic carbocycles. The van der Waals surface area contributed by atoms with Crippen LogP contribution in [0.2, 0.25) is 0 Å². The minimum absolute atomic E-state index is 0.0133. The predicted octanol–water partition coefficient (Wildman–Crippen LogP) is 13.3. The van der Waals surface area contributed by atoms with Crippen LogP contribution in [0.25, 0.3) is 90.4 Å². The van der Waals surface area contributed by atoms with E-state index in [-0.39, 0.29) is 11.8 Å². The third-order valence-corrected chi connectivity index (χ3v) is 13.0. The molecule has 0 fully saturated rings. The van der Waals surface area contributed by atoms with E-state index in [9.17, 15) is 0 Å². The summed E-state index contributed by atoms with van der Waals surface area (Å²) in [5.74, 6) is 3.82. The highest BCUT2D eigenvalue weighted by molar-refractivity contribution is 5.88. The Kier molecular flexibility index (Phi) is 8.84. The Balaban J connectivity index is 0.939. The summed E-state index contributed by atoms with van der Waals surface area (Å²) in [6.07, 6.45) is 1.94. The molecule has 0 aliphatic heterocycles. The summed E-state index contributed by atoms with van der Waals surface area (Å²) in [6.45, 7) is 0. The molecule has 0 N–H and O–H groups in total. The van der Waals surface area contributed by atoms with Crippen molar-refractivity contribution >= 4 is 10.9 Å². The molecule has 14 rings (SSSR count). The first-order chi connectivity index (χ1) is 32.7. The van der Waals surface area contributed by atoms with E-state index in [1.54, 1.807) is 0 Å². The van der Waals surface area contributed by atoms with Crippen molar-refractivity contribution in [1.82, 2.24) is 34.9 Å². The van der Waals surface area contributed by atoms with Crippen LogP contribution < -0.4 is 0 Å². The summed E-state index contributed by atoms with van der Waals surface area (Å²) in [5.41, 5.74) is 16.3. The molecule has 3 aromatic heterocycles. The van der Waals surface area contributed by atoms with Crippen LogP contribution in [0.15, 0.2) is 212 Å². The monoisotopic (exact) mass is 843 g/mol. The van der Waals surface area contributed by atoms with Gasteiger partial charge >= 0.3 is 0 Å². The highest BCUT2D eigenvalue weighted by atomic mass is 15.0. The van der Waals surface area contributed by atoms with Gasteiger partial charge in [0.05, 0.1) is 5.52 Å². The molecule has 11 aromatic rings. The van der Waals surface area contributed by atoms with Crippen molar-refractivity contribution in [3.8, 4) is 79.5 Å². The van der Waals surface area contributed by atoms with Crippen molar-refractivity contribution in [2.24, 2.45) is 0 Å². The molecule has 3 aliphatic carbocycles. The lowest BCUT2D eigenvalue weighted by atomic mass is 9.61. The fourth-order valence-corrected chi connectivity index (χ4v) is 9.92. The van der Waals surface area contributed by atoms with E-state index in [0.29, 0.717) is 34.9 Å². The van der Waals surface area contributed by atoms with Gasteiger partial charge in [-0.1, -0.05) is 182 Å². The van der Waals surface area contributed by atoms with Crippen molar-refractivity contribution in [1.29, 1.82) is 0 Å². The summed E-state index contributed by atoms with van der Waals surface area (Å²) < 4.78 is 0. The number of hydrogen-bond donors (Lipinski definition) is 0. The van der Waals surface area contributed by atoms with E-state index >= 15 is 0 Å². The molecule has 0 saturated carbocycles. The average molecular weight is 844 g/mol. The van der Waals surface area contributed by atoms with Crippen LogP contribution in [-0.4, -0.2) is 34.9 Å². The van der Waals surface area contributed by atoms with Crippen molar-refractivity contribution in [3.05, 3.63) is 246 Å². The Morgan fingerprint density at radius 1 is 0.258 bits per heavy atom. The Morgan fingerprint density at radius 3 is 1.17 bits per heavy atom. The fourth-order valence-electron chi connectivity index (χ4n) is 9.92. The van der Waals surface area contributed by atoms with Gasteiger partial charge in [0.2, 0.25) is 0 Å². The SMILES string of the molecule is c1ccc(-c2nc(-c3ccccc3)nc(-c3ccc4c(c3)C3c5ccccc5C4c4cc(-c5nc(-c6ccccc6)nc(-c6ccccc6-c6cnc7ccccc7c6)n5)ccc43)n2)cc1. The van der Waals surface area contributed by atoms with Crippen LogP contribution in [0.4, 0.5) is 0 Å². The molecule has 0 spiro atoms. The third-order valence-electron chi connectivity index (χ3n) is 13.0. The summed E-state index contributed by atoms with van der Waals surface area (Å²) in [4.78, 5) is 35.6. The lowest BCUT2D eigenvalue weighted by Crippen LogP contribution is -2.27. The topological polar surface area (TPSA) is 90.2 Å². The smallest absolute Gasteiger partial charge is 0.164 e. The van der Waals surface area contributed by atoms with E-state index in [2.05, 4.69) is 103 Å². The van der Waals surface area contributed by atoms with Crippen molar-refractivity contribution in [2.45, 2.75) is 11.8 Å². The maximum atomic E-state index is 5.29. The lowest BCUT2D eigenvalue weighted by Gasteiger charge is -2.42. The van der Waals surface area contributed by atoms with Crippen LogP contribution in [-0.2, 0) is 0 Å². The Labute approximate surface area is 381 Å². The van der Waals surface area contributed by atoms with Crippen LogP contribution in [0.3, 0.4) is 0 Å². The number of benzene rings is 8. The van der Waals surface area contributed by atoms with E-state index in [4.69, 9.17) is 34.9 Å². The maximum Gasteiger partial charge on any atom is 0.164 e. The molecule has 2 atom stereocenters. The number of para-hydroxylation sites is 1. The van der Waals surface area contributed by atoms with Gasteiger partial charge in [-0.15, -0.1) is 0 Å². The summed E-state index contributed by atoms with van der Waals surface area (Å²) in [7, 11) is 0. The largest absolute Gasteiger partial charge is 0.256 e. The fraction of sp³-hybridized carbons (Fsp3) is 0.0339. The maximum absolute atomic E-state index is 5.29. The van der Waals surface area contributed by atoms with E-state index in [0.717, 1.165) is 55.4 Å². The van der Waals surface area contributed by atoms with Crippen LogP contribution >= 0.6 is 0 Å². The summed E-state index contributed by atoms with van der Waals surface area (Å²) in [5, 5.41) is 1.08. The Hall–Kier alpha value is -8.81. The molecular formula is C59H37N7. The van der Waals surface area contributed by atoms with Crippen LogP contribution in [0.5, 0.6) is 0 Å². The van der Waals surface area contributed by atoms with Gasteiger partial charge in [-0.25, -0.2) is 29.9 Å². The second-order valence-corrected chi connectivity index (χ2v) is 16.9. The third kappa shape index (κ3) is 6.40. The normalized spacial score (nSPS) is 14.4. The molecule has 2 unspecified atom stereocenters. The van der Waals surface area contributed by atoms with Crippen molar-refractivity contribution < 1.29 is 0 Å². The zero-order chi connectivity index (χ0) is 43.6. The van der Waals surface area contributed by atoms with E-state index in [1.807, 2.05) is 109 Å². The van der Waals surface area contributed by atoms with Gasteiger partial charge in [0.1, 0.15) is 0 Å². The first-order valence-electron chi connectivity index (χ1n) is 22.2. The average Bonchev–Trinajstić information content (AvgIpc) is 3.40. The summed E-state index contributed by atoms with van der Waals surface area (Å²) >= 11 is 0. The molecule has 2 bridgehead atoms. The molecule has 0 radical (unpaired) electrons. The second-order valence-electron chi connectivity index (χ2n) is 16.9. The quantitative estimate of drug-likeness (QED) is 0.158. The lowest BCUT2D eigenvalue weighted by molar-refractivity contribution is 0.754. The van der Waals surface area contributed by atoms with Crippen LogP contribution in [0, 0.1) is 0 Å². The minimum Gasteiger partial charge on any atom is -0.256 e. The molecule has 0 saturated heterocycles. The molecule has 308 valence electrons.